The van der Waals surface area contributed by atoms with Crippen LogP contribution < -0.4 is 10.6 Å². The lowest BCUT2D eigenvalue weighted by Crippen LogP contribution is -2.29. The smallest absolute Gasteiger partial charge is 0.318 e. The van der Waals surface area contributed by atoms with Crippen molar-refractivity contribution in [1.82, 2.24) is 9.78 Å². The molecule has 0 bridgehead atoms. The van der Waals surface area contributed by atoms with Crippen molar-refractivity contribution in [3.63, 3.8) is 0 Å². The first-order valence-electron chi connectivity index (χ1n) is 6.21. The molecule has 1 heterocycles. The predicted octanol–water partition coefficient (Wildman–Crippen LogP) is 2.16. The molecule has 6 nitrogen and oxygen atoms in total. The summed E-state index contributed by atoms with van der Waals surface area (Å²) < 4.78 is 50.0. The van der Waals surface area contributed by atoms with E-state index in [1.807, 2.05) is 5.32 Å². The van der Waals surface area contributed by atoms with E-state index in [1.54, 1.807) is 0 Å². The lowest BCUT2D eigenvalue weighted by molar-refractivity contribution is -0.142. The maximum atomic E-state index is 12.9. The van der Waals surface area contributed by atoms with E-state index in [9.17, 15) is 27.2 Å². The number of aromatic nitrogens is 2. The predicted molar refractivity (Wildman–Crippen MR) is 71.9 cm³/mol. The maximum Gasteiger partial charge on any atom is 0.408 e. The normalized spacial score (nSPS) is 11.1. The number of carbonyl (C=O) groups excluding carboxylic acids is 2. The molecule has 0 aliphatic carbocycles. The Labute approximate surface area is 127 Å². The molecule has 0 unspecified atom stereocenters. The summed E-state index contributed by atoms with van der Waals surface area (Å²) in [5, 5.41) is 7.64. The molecule has 0 aliphatic rings. The molecule has 10 heteroatoms. The Morgan fingerprint density at radius 3 is 2.48 bits per heavy atom. The summed E-state index contributed by atoms with van der Waals surface area (Å²) >= 11 is 0. The van der Waals surface area contributed by atoms with Gasteiger partial charge in [-0.05, 0) is 18.2 Å². The minimum atomic E-state index is -4.46. The van der Waals surface area contributed by atoms with Crippen molar-refractivity contribution in [3.8, 4) is 0 Å². The summed E-state index contributed by atoms with van der Waals surface area (Å²) in [5.41, 5.74) is 0.0627. The molecular weight excluding hydrogens is 320 g/mol. The van der Waals surface area contributed by atoms with Crippen molar-refractivity contribution in [1.29, 1.82) is 0 Å². The van der Waals surface area contributed by atoms with Crippen molar-refractivity contribution in [2.45, 2.75) is 12.7 Å². The topological polar surface area (TPSA) is 76.0 Å². The SMILES string of the molecule is O=C(Nc1cccc(F)c1)C(=O)Nc1ccn(CC(F)(F)F)n1. The highest BCUT2D eigenvalue weighted by molar-refractivity contribution is 6.43. The molecule has 122 valence electrons. The standard InChI is InChI=1S/C13H10F4N4O2/c14-8-2-1-3-9(6-8)18-11(22)12(23)19-10-4-5-21(20-10)7-13(15,16)17/h1-6H,7H2,(H,18,22)(H,19,20,23). The van der Waals surface area contributed by atoms with Gasteiger partial charge < -0.3 is 10.6 Å². The molecule has 1 aromatic carbocycles. The Morgan fingerprint density at radius 2 is 1.83 bits per heavy atom. The summed E-state index contributed by atoms with van der Waals surface area (Å²) in [6.45, 7) is -1.32. The zero-order chi connectivity index (χ0) is 17.0. The van der Waals surface area contributed by atoms with Crippen molar-refractivity contribution in [3.05, 3.63) is 42.3 Å². The van der Waals surface area contributed by atoms with Gasteiger partial charge in [-0.15, -0.1) is 0 Å². The number of carbonyl (C=O) groups is 2. The monoisotopic (exact) mass is 330 g/mol. The van der Waals surface area contributed by atoms with Crippen LogP contribution in [-0.2, 0) is 16.1 Å². The average molecular weight is 330 g/mol. The molecule has 0 saturated carbocycles. The van der Waals surface area contributed by atoms with Gasteiger partial charge in [0, 0.05) is 18.0 Å². The molecule has 2 N–H and O–H groups in total. The zero-order valence-corrected chi connectivity index (χ0v) is 11.4. The molecule has 0 fully saturated rings. The molecular formula is C13H10F4N4O2. The number of alkyl halides is 3. The highest BCUT2D eigenvalue weighted by atomic mass is 19.4. The molecule has 23 heavy (non-hydrogen) atoms. The zero-order valence-electron chi connectivity index (χ0n) is 11.4. The second-order valence-electron chi connectivity index (χ2n) is 4.43. The van der Waals surface area contributed by atoms with E-state index < -0.39 is 30.4 Å². The summed E-state index contributed by atoms with van der Waals surface area (Å²) in [4.78, 5) is 23.2. The number of halogens is 4. The van der Waals surface area contributed by atoms with E-state index in [0.717, 1.165) is 24.4 Å². The van der Waals surface area contributed by atoms with Gasteiger partial charge in [0.25, 0.3) is 0 Å². The third kappa shape index (κ3) is 5.09. The minimum absolute atomic E-state index is 0.0627. The molecule has 2 amide bonds. The molecule has 2 rings (SSSR count). The molecule has 2 aromatic rings. The number of nitrogens with zero attached hydrogens (tertiary/aromatic N) is 2. The highest BCUT2D eigenvalue weighted by Gasteiger charge is 2.28. The quantitative estimate of drug-likeness (QED) is 0.669. The van der Waals surface area contributed by atoms with Crippen molar-refractivity contribution in [2.24, 2.45) is 0 Å². The van der Waals surface area contributed by atoms with E-state index in [2.05, 4.69) is 10.4 Å². The fourth-order valence-corrected chi connectivity index (χ4v) is 1.63. The Balaban J connectivity index is 1.95. The Kier molecular flexibility index (Phi) is 4.63. The fourth-order valence-electron chi connectivity index (χ4n) is 1.63. The molecule has 1 aromatic heterocycles. The van der Waals surface area contributed by atoms with Crippen LogP contribution in [0.4, 0.5) is 29.1 Å². The van der Waals surface area contributed by atoms with Crippen molar-refractivity contribution >= 4 is 23.3 Å². The summed E-state index contributed by atoms with van der Waals surface area (Å²) in [5.74, 6) is -3.07. The van der Waals surface area contributed by atoms with E-state index in [1.165, 1.54) is 12.1 Å². The maximum absolute atomic E-state index is 12.9. The van der Waals surface area contributed by atoms with Crippen molar-refractivity contribution in [2.75, 3.05) is 10.6 Å². The molecule has 0 spiro atoms. The molecule has 0 saturated heterocycles. The lowest BCUT2D eigenvalue weighted by Gasteiger charge is -2.06. The van der Waals surface area contributed by atoms with Gasteiger partial charge >= 0.3 is 18.0 Å². The Bertz CT molecular complexity index is 727. The van der Waals surface area contributed by atoms with Crippen LogP contribution in [0.5, 0.6) is 0 Å². The number of hydrogen-bond donors (Lipinski definition) is 2. The molecule has 0 atom stereocenters. The second-order valence-corrected chi connectivity index (χ2v) is 4.43. The number of anilines is 2. The average Bonchev–Trinajstić information content (AvgIpc) is 2.83. The lowest BCUT2D eigenvalue weighted by atomic mass is 10.3. The van der Waals surface area contributed by atoms with Crippen LogP contribution in [0.2, 0.25) is 0 Å². The molecule has 0 aliphatic heterocycles. The van der Waals surface area contributed by atoms with Gasteiger partial charge in [0.05, 0.1) is 0 Å². The summed E-state index contributed by atoms with van der Waals surface area (Å²) in [6, 6.07) is 5.97. The first-order valence-corrected chi connectivity index (χ1v) is 6.21. The third-order valence-corrected chi connectivity index (χ3v) is 2.51. The van der Waals surface area contributed by atoms with Crippen LogP contribution in [0.15, 0.2) is 36.5 Å². The Hall–Kier alpha value is -2.91. The van der Waals surface area contributed by atoms with Crippen LogP contribution in [0, 0.1) is 5.82 Å². The summed E-state index contributed by atoms with van der Waals surface area (Å²) in [6.07, 6.45) is -3.45. The van der Waals surface area contributed by atoms with Gasteiger partial charge in [0.15, 0.2) is 5.82 Å². The van der Waals surface area contributed by atoms with Gasteiger partial charge in [0.1, 0.15) is 12.4 Å². The van der Waals surface area contributed by atoms with Crippen LogP contribution in [0.25, 0.3) is 0 Å². The fraction of sp³-hybridized carbons (Fsp3) is 0.154. The first kappa shape index (κ1) is 16.5. The van der Waals surface area contributed by atoms with Gasteiger partial charge in [0.2, 0.25) is 0 Å². The van der Waals surface area contributed by atoms with Gasteiger partial charge in [-0.1, -0.05) is 6.07 Å². The van der Waals surface area contributed by atoms with Crippen molar-refractivity contribution < 1.29 is 27.2 Å². The minimum Gasteiger partial charge on any atom is -0.318 e. The largest absolute Gasteiger partial charge is 0.408 e. The molecule has 0 radical (unpaired) electrons. The first-order chi connectivity index (χ1) is 10.7. The number of benzene rings is 1. The second kappa shape index (κ2) is 6.46. The van der Waals surface area contributed by atoms with Crippen LogP contribution in [0.3, 0.4) is 0 Å². The van der Waals surface area contributed by atoms with E-state index >= 15 is 0 Å². The number of amides is 2. The van der Waals surface area contributed by atoms with E-state index in [-0.39, 0.29) is 11.5 Å². The van der Waals surface area contributed by atoms with Crippen LogP contribution in [-0.4, -0.2) is 27.8 Å². The van der Waals surface area contributed by atoms with Gasteiger partial charge in [-0.3, -0.25) is 14.3 Å². The Morgan fingerprint density at radius 1 is 1.13 bits per heavy atom. The van der Waals surface area contributed by atoms with Gasteiger partial charge in [-0.25, -0.2) is 4.39 Å². The van der Waals surface area contributed by atoms with E-state index in [0.29, 0.717) is 4.68 Å². The van der Waals surface area contributed by atoms with Crippen LogP contribution in [0.1, 0.15) is 0 Å². The highest BCUT2D eigenvalue weighted by Crippen LogP contribution is 2.17. The summed E-state index contributed by atoms with van der Waals surface area (Å²) in [7, 11) is 0. The number of rotatable bonds is 3. The van der Waals surface area contributed by atoms with E-state index in [4.69, 9.17) is 0 Å². The van der Waals surface area contributed by atoms with Gasteiger partial charge in [-0.2, -0.15) is 18.3 Å². The number of nitrogens with one attached hydrogen (secondary N) is 2. The third-order valence-electron chi connectivity index (χ3n) is 2.51. The number of hydrogen-bond acceptors (Lipinski definition) is 3. The van der Waals surface area contributed by atoms with Crippen LogP contribution >= 0.6 is 0 Å².